The molecular formula is C11H17NO3S. The second-order valence-corrected chi connectivity index (χ2v) is 5.29. The van der Waals surface area contributed by atoms with Gasteiger partial charge in [0.1, 0.15) is 6.10 Å². The number of nitrogens with zero attached hydrogens (tertiary/aromatic N) is 1. The monoisotopic (exact) mass is 243 g/mol. The van der Waals surface area contributed by atoms with Crippen LogP contribution < -0.4 is 0 Å². The molecule has 1 N–H and O–H groups in total. The van der Waals surface area contributed by atoms with Crippen LogP contribution in [0.5, 0.6) is 0 Å². The molecular weight excluding hydrogens is 226 g/mol. The lowest BCUT2D eigenvalue weighted by molar-refractivity contribution is -0.131. The summed E-state index contributed by atoms with van der Waals surface area (Å²) < 4.78 is 10.7. The van der Waals surface area contributed by atoms with Crippen molar-refractivity contribution in [2.24, 2.45) is 0 Å². The van der Waals surface area contributed by atoms with Crippen molar-refractivity contribution >= 4 is 11.3 Å². The van der Waals surface area contributed by atoms with Gasteiger partial charge in [-0.15, -0.1) is 11.3 Å². The van der Waals surface area contributed by atoms with Gasteiger partial charge in [0.2, 0.25) is 0 Å². The zero-order valence-electron chi connectivity index (χ0n) is 9.60. The van der Waals surface area contributed by atoms with Crippen molar-refractivity contribution in [3.63, 3.8) is 0 Å². The van der Waals surface area contributed by atoms with Crippen molar-refractivity contribution in [3.05, 3.63) is 15.6 Å². The first-order valence-electron chi connectivity index (χ1n) is 5.47. The highest BCUT2D eigenvalue weighted by molar-refractivity contribution is 7.11. The Bertz CT molecular complexity index is 327. The summed E-state index contributed by atoms with van der Waals surface area (Å²) in [6, 6.07) is 0. The van der Waals surface area contributed by atoms with Crippen LogP contribution in [0.25, 0.3) is 0 Å². The largest absolute Gasteiger partial charge is 0.390 e. The molecule has 1 aliphatic rings. The Hall–Kier alpha value is -0.490. The first-order chi connectivity index (χ1) is 7.66. The number of aromatic nitrogens is 1. The van der Waals surface area contributed by atoms with Gasteiger partial charge in [-0.3, -0.25) is 0 Å². The summed E-state index contributed by atoms with van der Waals surface area (Å²) in [4.78, 5) is 5.62. The summed E-state index contributed by atoms with van der Waals surface area (Å²) in [7, 11) is 0. The van der Waals surface area contributed by atoms with Gasteiger partial charge in [0.25, 0.3) is 0 Å². The van der Waals surface area contributed by atoms with Crippen LogP contribution in [-0.4, -0.2) is 42.1 Å². The molecule has 0 bridgehead atoms. The molecule has 5 heteroatoms. The zero-order valence-corrected chi connectivity index (χ0v) is 10.4. The van der Waals surface area contributed by atoms with E-state index in [1.807, 2.05) is 13.8 Å². The van der Waals surface area contributed by atoms with Gasteiger partial charge in [0.05, 0.1) is 36.6 Å². The number of aliphatic hydroxyl groups excluding tert-OH is 1. The summed E-state index contributed by atoms with van der Waals surface area (Å²) in [6.45, 7) is 5.70. The Morgan fingerprint density at radius 2 is 2.31 bits per heavy atom. The molecule has 1 aromatic rings. The number of ether oxygens (including phenoxy) is 2. The SMILES string of the molecule is Cc1nc(CC(O)C2COCCO2)sc1C. The van der Waals surface area contributed by atoms with Gasteiger partial charge in [-0.1, -0.05) is 0 Å². The Kier molecular flexibility index (Phi) is 3.91. The van der Waals surface area contributed by atoms with E-state index < -0.39 is 6.10 Å². The summed E-state index contributed by atoms with van der Waals surface area (Å²) in [5.41, 5.74) is 1.05. The van der Waals surface area contributed by atoms with E-state index in [-0.39, 0.29) is 6.10 Å². The van der Waals surface area contributed by atoms with Crippen LogP contribution >= 0.6 is 11.3 Å². The van der Waals surface area contributed by atoms with Crippen molar-refractivity contribution in [2.45, 2.75) is 32.5 Å². The second-order valence-electron chi connectivity index (χ2n) is 4.00. The highest BCUT2D eigenvalue weighted by Gasteiger charge is 2.24. The summed E-state index contributed by atoms with van der Waals surface area (Å²) in [5, 5.41) is 11.0. The third kappa shape index (κ3) is 2.79. The number of thiazole rings is 1. The number of hydrogen-bond donors (Lipinski definition) is 1. The first kappa shape index (κ1) is 12.0. The predicted octanol–water partition coefficient (Wildman–Crippen LogP) is 1.08. The van der Waals surface area contributed by atoms with Crippen molar-refractivity contribution in [3.8, 4) is 0 Å². The Morgan fingerprint density at radius 1 is 1.50 bits per heavy atom. The van der Waals surface area contributed by atoms with Gasteiger partial charge in [-0.05, 0) is 13.8 Å². The van der Waals surface area contributed by atoms with Crippen LogP contribution in [0.4, 0.5) is 0 Å². The van der Waals surface area contributed by atoms with Crippen LogP contribution in [0.15, 0.2) is 0 Å². The average molecular weight is 243 g/mol. The molecule has 1 aromatic heterocycles. The molecule has 0 spiro atoms. The molecule has 16 heavy (non-hydrogen) atoms. The third-order valence-corrected chi connectivity index (χ3v) is 3.82. The minimum absolute atomic E-state index is 0.210. The molecule has 0 aromatic carbocycles. The minimum Gasteiger partial charge on any atom is -0.390 e. The van der Waals surface area contributed by atoms with Crippen LogP contribution in [0.2, 0.25) is 0 Å². The standard InChI is InChI=1S/C11H17NO3S/c1-7-8(2)16-11(12-7)5-9(13)10-6-14-3-4-15-10/h9-10,13H,3-6H2,1-2H3. The lowest BCUT2D eigenvalue weighted by atomic mass is 10.1. The third-order valence-electron chi connectivity index (χ3n) is 2.73. The average Bonchev–Trinajstić information content (AvgIpc) is 2.59. The van der Waals surface area contributed by atoms with E-state index in [1.165, 1.54) is 4.88 Å². The molecule has 2 rings (SSSR count). The molecule has 2 atom stereocenters. The van der Waals surface area contributed by atoms with Crippen molar-refractivity contribution in [1.29, 1.82) is 0 Å². The summed E-state index contributed by atoms with van der Waals surface area (Å²) in [6.07, 6.45) is -0.184. The Balaban J connectivity index is 1.93. The summed E-state index contributed by atoms with van der Waals surface area (Å²) >= 11 is 1.64. The van der Waals surface area contributed by atoms with E-state index in [9.17, 15) is 5.11 Å². The predicted molar refractivity (Wildman–Crippen MR) is 61.9 cm³/mol. The maximum atomic E-state index is 9.99. The number of hydrogen-bond acceptors (Lipinski definition) is 5. The van der Waals surface area contributed by atoms with Crippen molar-refractivity contribution in [1.82, 2.24) is 4.98 Å². The molecule has 2 heterocycles. The van der Waals surface area contributed by atoms with Crippen molar-refractivity contribution < 1.29 is 14.6 Å². The first-order valence-corrected chi connectivity index (χ1v) is 6.29. The fraction of sp³-hybridized carbons (Fsp3) is 0.727. The maximum Gasteiger partial charge on any atom is 0.107 e. The normalized spacial score (nSPS) is 23.3. The topological polar surface area (TPSA) is 51.6 Å². The summed E-state index contributed by atoms with van der Waals surface area (Å²) in [5.74, 6) is 0. The smallest absolute Gasteiger partial charge is 0.107 e. The molecule has 4 nitrogen and oxygen atoms in total. The molecule has 0 radical (unpaired) electrons. The molecule has 2 unspecified atom stereocenters. The molecule has 1 saturated heterocycles. The number of aliphatic hydroxyl groups is 1. The van der Waals surface area contributed by atoms with Gasteiger partial charge in [-0.25, -0.2) is 4.98 Å². The molecule has 0 amide bonds. The molecule has 1 aliphatic heterocycles. The van der Waals surface area contributed by atoms with Crippen LogP contribution in [-0.2, 0) is 15.9 Å². The van der Waals surface area contributed by atoms with E-state index in [0.717, 1.165) is 10.7 Å². The van der Waals surface area contributed by atoms with Crippen LogP contribution in [0.3, 0.4) is 0 Å². The molecule has 1 fully saturated rings. The quantitative estimate of drug-likeness (QED) is 0.863. The lowest BCUT2D eigenvalue weighted by Crippen LogP contribution is -2.39. The highest BCUT2D eigenvalue weighted by atomic mass is 32.1. The van der Waals surface area contributed by atoms with Crippen LogP contribution in [0.1, 0.15) is 15.6 Å². The molecule has 90 valence electrons. The van der Waals surface area contributed by atoms with E-state index in [1.54, 1.807) is 11.3 Å². The zero-order chi connectivity index (χ0) is 11.5. The second kappa shape index (κ2) is 5.23. The fourth-order valence-corrected chi connectivity index (χ4v) is 2.65. The molecule has 0 aliphatic carbocycles. The maximum absolute atomic E-state index is 9.99. The van der Waals surface area contributed by atoms with Crippen LogP contribution in [0, 0.1) is 13.8 Å². The van der Waals surface area contributed by atoms with Gasteiger partial charge in [0, 0.05) is 11.3 Å². The van der Waals surface area contributed by atoms with E-state index in [0.29, 0.717) is 26.2 Å². The Labute approximate surface area is 99.2 Å². The van der Waals surface area contributed by atoms with Gasteiger partial charge in [-0.2, -0.15) is 0 Å². The molecule has 0 saturated carbocycles. The Morgan fingerprint density at radius 3 is 2.88 bits per heavy atom. The number of rotatable bonds is 3. The number of aryl methyl sites for hydroxylation is 2. The van der Waals surface area contributed by atoms with E-state index in [2.05, 4.69) is 4.98 Å². The lowest BCUT2D eigenvalue weighted by Gasteiger charge is -2.26. The van der Waals surface area contributed by atoms with Crippen molar-refractivity contribution in [2.75, 3.05) is 19.8 Å². The fourth-order valence-electron chi connectivity index (χ4n) is 1.66. The van der Waals surface area contributed by atoms with E-state index >= 15 is 0 Å². The van der Waals surface area contributed by atoms with Gasteiger partial charge >= 0.3 is 0 Å². The van der Waals surface area contributed by atoms with E-state index in [4.69, 9.17) is 9.47 Å². The minimum atomic E-state index is -0.523. The van der Waals surface area contributed by atoms with Gasteiger partial charge in [0.15, 0.2) is 0 Å². The highest BCUT2D eigenvalue weighted by Crippen LogP contribution is 2.19. The van der Waals surface area contributed by atoms with Gasteiger partial charge < -0.3 is 14.6 Å².